The number of aromatic nitrogens is 1. The van der Waals surface area contributed by atoms with E-state index < -0.39 is 10.0 Å². The van der Waals surface area contributed by atoms with Crippen LogP contribution < -0.4 is 14.2 Å². The van der Waals surface area contributed by atoms with Crippen LogP contribution in [0.15, 0.2) is 33.9 Å². The Kier molecular flexibility index (Phi) is 3.00. The average Bonchev–Trinajstić information content (AvgIpc) is 3.27. The van der Waals surface area contributed by atoms with E-state index in [2.05, 4.69) is 9.88 Å². The molecule has 1 aromatic carbocycles. The summed E-state index contributed by atoms with van der Waals surface area (Å²) in [6.07, 6.45) is 3.54. The van der Waals surface area contributed by atoms with Crippen molar-refractivity contribution in [2.75, 3.05) is 17.9 Å². The number of benzene rings is 1. The molecule has 0 unspecified atom stereocenters. The number of sulfonamides is 1. The largest absolute Gasteiger partial charge is 0.486 e. The minimum absolute atomic E-state index is 0.0365. The van der Waals surface area contributed by atoms with Crippen LogP contribution >= 0.6 is 0 Å². The molecule has 1 saturated carbocycles. The van der Waals surface area contributed by atoms with Gasteiger partial charge in [-0.2, -0.15) is 0 Å². The van der Waals surface area contributed by atoms with Gasteiger partial charge in [-0.1, -0.05) is 11.2 Å². The van der Waals surface area contributed by atoms with Gasteiger partial charge in [0, 0.05) is 5.56 Å². The molecule has 1 fully saturated rings. The first kappa shape index (κ1) is 13.4. The molecule has 0 radical (unpaired) electrons. The fraction of sp³-hybridized carbons (Fsp3) is 0.357. The Labute approximate surface area is 127 Å². The number of para-hydroxylation sites is 1. The van der Waals surface area contributed by atoms with E-state index in [0.29, 0.717) is 24.9 Å². The van der Waals surface area contributed by atoms with Crippen LogP contribution in [0.2, 0.25) is 0 Å². The van der Waals surface area contributed by atoms with Crippen LogP contribution in [-0.2, 0) is 10.0 Å². The third-order valence-electron chi connectivity index (χ3n) is 3.66. The number of nitrogens with zero attached hydrogens (tertiary/aromatic N) is 1. The van der Waals surface area contributed by atoms with Crippen LogP contribution in [0.5, 0.6) is 11.5 Å². The molecule has 1 aliphatic heterocycles. The fourth-order valence-electron chi connectivity index (χ4n) is 2.45. The molecule has 4 rings (SSSR count). The predicted octanol–water partition coefficient (Wildman–Crippen LogP) is 2.12. The number of ether oxygens (including phenoxy) is 2. The van der Waals surface area contributed by atoms with Gasteiger partial charge in [-0.25, -0.2) is 8.42 Å². The van der Waals surface area contributed by atoms with Gasteiger partial charge in [0.05, 0.1) is 0 Å². The Balaban J connectivity index is 1.70. The first-order valence-corrected chi connectivity index (χ1v) is 8.49. The molecule has 8 heteroatoms. The van der Waals surface area contributed by atoms with Gasteiger partial charge in [-0.05, 0) is 30.9 Å². The van der Waals surface area contributed by atoms with E-state index in [1.807, 2.05) is 0 Å². The number of fused-ring (bicyclic) bond motifs is 1. The number of anilines is 1. The monoisotopic (exact) mass is 322 g/mol. The van der Waals surface area contributed by atoms with Gasteiger partial charge in [-0.3, -0.25) is 4.72 Å². The third-order valence-corrected chi connectivity index (χ3v) is 5.03. The highest BCUT2D eigenvalue weighted by Crippen LogP contribution is 2.44. The zero-order chi connectivity index (χ0) is 15.2. The Bertz CT molecular complexity index is 810. The van der Waals surface area contributed by atoms with Crippen molar-refractivity contribution in [1.29, 1.82) is 0 Å². The summed E-state index contributed by atoms with van der Waals surface area (Å²) in [6, 6.07) is 4.78. The van der Waals surface area contributed by atoms with E-state index >= 15 is 0 Å². The van der Waals surface area contributed by atoms with Crippen molar-refractivity contribution in [2.45, 2.75) is 23.7 Å². The van der Waals surface area contributed by atoms with E-state index in [1.54, 1.807) is 12.1 Å². The van der Waals surface area contributed by atoms with Crippen LogP contribution in [0, 0.1) is 0 Å². The zero-order valence-corrected chi connectivity index (χ0v) is 12.4. The molecule has 0 amide bonds. The summed E-state index contributed by atoms with van der Waals surface area (Å²) in [4.78, 5) is 0.0365. The number of nitrogens with one attached hydrogen (secondary N) is 1. The summed E-state index contributed by atoms with van der Waals surface area (Å²) in [5.41, 5.74) is 0.797. The van der Waals surface area contributed by atoms with E-state index in [1.165, 1.54) is 12.3 Å². The second-order valence-corrected chi connectivity index (χ2v) is 6.93. The second kappa shape index (κ2) is 4.91. The number of hydrogen-bond donors (Lipinski definition) is 1. The van der Waals surface area contributed by atoms with Gasteiger partial charge in [-0.15, -0.1) is 0 Å². The van der Waals surface area contributed by atoms with Crippen molar-refractivity contribution in [3.8, 4) is 11.5 Å². The summed E-state index contributed by atoms with van der Waals surface area (Å²) in [5, 5.41) is 3.76. The van der Waals surface area contributed by atoms with Crippen molar-refractivity contribution in [2.24, 2.45) is 0 Å². The quantitative estimate of drug-likeness (QED) is 0.927. The molecule has 1 N–H and O–H groups in total. The van der Waals surface area contributed by atoms with Crippen LogP contribution in [0.25, 0.3) is 0 Å². The normalized spacial score (nSPS) is 17.3. The molecule has 0 atom stereocenters. The molecule has 1 aliphatic carbocycles. The van der Waals surface area contributed by atoms with Crippen molar-refractivity contribution in [3.63, 3.8) is 0 Å². The summed E-state index contributed by atoms with van der Waals surface area (Å²) >= 11 is 0. The Morgan fingerprint density at radius 1 is 1.18 bits per heavy atom. The van der Waals surface area contributed by atoms with Crippen molar-refractivity contribution < 1.29 is 22.4 Å². The lowest BCUT2D eigenvalue weighted by Gasteiger charge is -2.20. The lowest BCUT2D eigenvalue weighted by molar-refractivity contribution is 0.167. The maximum atomic E-state index is 12.6. The van der Waals surface area contributed by atoms with Crippen molar-refractivity contribution >= 4 is 15.8 Å². The summed E-state index contributed by atoms with van der Waals surface area (Å²) in [6.45, 7) is 0.718. The second-order valence-electron chi connectivity index (χ2n) is 5.28. The third kappa shape index (κ3) is 2.29. The average molecular weight is 322 g/mol. The molecule has 116 valence electrons. The molecule has 0 bridgehead atoms. The van der Waals surface area contributed by atoms with Gasteiger partial charge in [0.25, 0.3) is 10.0 Å². The van der Waals surface area contributed by atoms with Crippen LogP contribution in [0.1, 0.15) is 24.3 Å². The SMILES string of the molecule is O=S(=O)(Nc1nocc1C1CC1)c1cccc2c1OCCO2. The molecule has 22 heavy (non-hydrogen) atoms. The Morgan fingerprint density at radius 3 is 2.82 bits per heavy atom. The topological polar surface area (TPSA) is 90.7 Å². The van der Waals surface area contributed by atoms with Gasteiger partial charge < -0.3 is 14.0 Å². The Morgan fingerprint density at radius 2 is 2.00 bits per heavy atom. The standard InChI is InChI=1S/C14H14N2O5S/c17-22(18,16-14-10(8-21-15-14)9-4-5-9)12-3-1-2-11-13(12)20-7-6-19-11/h1-3,8-9H,4-7H2,(H,15,16). The highest BCUT2D eigenvalue weighted by atomic mass is 32.2. The van der Waals surface area contributed by atoms with E-state index in [0.717, 1.165) is 18.4 Å². The van der Waals surface area contributed by atoms with Gasteiger partial charge in [0.2, 0.25) is 0 Å². The first-order chi connectivity index (χ1) is 10.6. The number of hydrogen-bond acceptors (Lipinski definition) is 6. The summed E-state index contributed by atoms with van der Waals surface area (Å²) < 4.78 is 43.5. The van der Waals surface area contributed by atoms with Gasteiger partial charge in [0.1, 0.15) is 24.4 Å². The molecule has 2 aliphatic rings. The predicted molar refractivity (Wildman–Crippen MR) is 76.7 cm³/mol. The van der Waals surface area contributed by atoms with Crippen molar-refractivity contribution in [1.82, 2.24) is 5.16 Å². The maximum Gasteiger partial charge on any atom is 0.266 e. The minimum atomic E-state index is -3.83. The lowest BCUT2D eigenvalue weighted by atomic mass is 10.2. The highest BCUT2D eigenvalue weighted by molar-refractivity contribution is 7.92. The molecule has 1 aromatic heterocycles. The fourth-order valence-corrected chi connectivity index (χ4v) is 3.63. The van der Waals surface area contributed by atoms with Gasteiger partial charge >= 0.3 is 0 Å². The van der Waals surface area contributed by atoms with Crippen LogP contribution in [0.4, 0.5) is 5.82 Å². The lowest BCUT2D eigenvalue weighted by Crippen LogP contribution is -2.20. The molecular formula is C14H14N2O5S. The molecular weight excluding hydrogens is 308 g/mol. The molecule has 0 saturated heterocycles. The summed E-state index contributed by atoms with van der Waals surface area (Å²) in [7, 11) is -3.83. The smallest absolute Gasteiger partial charge is 0.266 e. The Hall–Kier alpha value is -2.22. The molecule has 0 spiro atoms. The van der Waals surface area contributed by atoms with Crippen molar-refractivity contribution in [3.05, 3.63) is 30.0 Å². The molecule has 2 aromatic rings. The van der Waals surface area contributed by atoms with Gasteiger partial charge in [0.15, 0.2) is 17.3 Å². The van der Waals surface area contributed by atoms with Crippen LogP contribution in [0.3, 0.4) is 0 Å². The first-order valence-electron chi connectivity index (χ1n) is 7.01. The number of rotatable bonds is 4. The zero-order valence-electron chi connectivity index (χ0n) is 11.6. The highest BCUT2D eigenvalue weighted by Gasteiger charge is 2.32. The van der Waals surface area contributed by atoms with Crippen LogP contribution in [-0.4, -0.2) is 26.8 Å². The molecule has 2 heterocycles. The minimum Gasteiger partial charge on any atom is -0.486 e. The summed E-state index contributed by atoms with van der Waals surface area (Å²) in [5.74, 6) is 1.24. The van der Waals surface area contributed by atoms with E-state index in [4.69, 9.17) is 14.0 Å². The van der Waals surface area contributed by atoms with E-state index in [9.17, 15) is 8.42 Å². The molecule has 7 nitrogen and oxygen atoms in total. The maximum absolute atomic E-state index is 12.6. The van der Waals surface area contributed by atoms with E-state index in [-0.39, 0.29) is 16.5 Å².